The van der Waals surface area contributed by atoms with Gasteiger partial charge in [0.1, 0.15) is 11.0 Å². The molecule has 0 aliphatic rings. The number of carbonyl (C=O) groups excluding carboxylic acids is 1. The first-order chi connectivity index (χ1) is 10.1. The highest BCUT2D eigenvalue weighted by Gasteiger charge is 2.20. The molecule has 0 unspecified atom stereocenters. The van der Waals surface area contributed by atoms with Crippen molar-refractivity contribution >= 4 is 34.1 Å². The Morgan fingerprint density at radius 1 is 1.33 bits per heavy atom. The summed E-state index contributed by atoms with van der Waals surface area (Å²) in [7, 11) is 0. The Bertz CT molecular complexity index is 586. The van der Waals surface area contributed by atoms with E-state index in [0.29, 0.717) is 21.1 Å². The zero-order valence-electron chi connectivity index (χ0n) is 11.9. The van der Waals surface area contributed by atoms with Crippen molar-refractivity contribution < 1.29 is 4.79 Å². The second-order valence-electron chi connectivity index (χ2n) is 4.75. The van der Waals surface area contributed by atoms with E-state index in [4.69, 9.17) is 5.73 Å². The summed E-state index contributed by atoms with van der Waals surface area (Å²) in [6, 6.07) is 9.41. The number of nitrogens with zero attached hydrogens (tertiary/aromatic N) is 2. The highest BCUT2D eigenvalue weighted by molar-refractivity contribution is 8.00. The van der Waals surface area contributed by atoms with E-state index >= 15 is 0 Å². The molecule has 1 heterocycles. The van der Waals surface area contributed by atoms with Crippen LogP contribution in [0.4, 0.5) is 5.13 Å². The molecule has 2 rings (SSSR count). The van der Waals surface area contributed by atoms with E-state index in [-0.39, 0.29) is 11.9 Å². The zero-order valence-corrected chi connectivity index (χ0v) is 13.6. The third-order valence-corrected chi connectivity index (χ3v) is 4.60. The van der Waals surface area contributed by atoms with Gasteiger partial charge in [0.15, 0.2) is 0 Å². The number of thioether (sulfide) groups is 1. The maximum atomic E-state index is 12.1. The smallest absolute Gasteiger partial charge is 0.230 e. The number of nitrogen functional groups attached to an aromatic ring is 1. The number of amides is 1. The molecule has 0 aliphatic heterocycles. The van der Waals surface area contributed by atoms with Crippen LogP contribution in [0.5, 0.6) is 0 Å². The summed E-state index contributed by atoms with van der Waals surface area (Å²) in [6.45, 7) is 4.14. The molecule has 7 heteroatoms. The number of benzene rings is 1. The van der Waals surface area contributed by atoms with Crippen LogP contribution >= 0.6 is 23.1 Å². The summed E-state index contributed by atoms with van der Waals surface area (Å²) in [5, 5.41) is 12.4. The van der Waals surface area contributed by atoms with E-state index in [1.165, 1.54) is 11.3 Å². The maximum Gasteiger partial charge on any atom is 0.230 e. The lowest BCUT2D eigenvalue weighted by Crippen LogP contribution is -2.31. The molecule has 1 atom stereocenters. The van der Waals surface area contributed by atoms with Crippen LogP contribution in [0.3, 0.4) is 0 Å². The van der Waals surface area contributed by atoms with Gasteiger partial charge in [-0.1, -0.05) is 55.5 Å². The van der Waals surface area contributed by atoms with E-state index in [1.807, 2.05) is 30.3 Å². The van der Waals surface area contributed by atoms with Crippen LogP contribution in [0.25, 0.3) is 0 Å². The number of hydrogen-bond donors (Lipinski definition) is 2. The number of aromatic nitrogens is 2. The van der Waals surface area contributed by atoms with Gasteiger partial charge in [-0.15, -0.1) is 22.0 Å². The predicted molar refractivity (Wildman–Crippen MR) is 88.3 cm³/mol. The Kier molecular flexibility index (Phi) is 5.58. The van der Waals surface area contributed by atoms with Crippen molar-refractivity contribution in [2.45, 2.75) is 25.1 Å². The summed E-state index contributed by atoms with van der Waals surface area (Å²) in [5.41, 5.74) is 6.62. The van der Waals surface area contributed by atoms with Crippen molar-refractivity contribution in [1.29, 1.82) is 0 Å². The quantitative estimate of drug-likeness (QED) is 0.854. The number of nitrogens with two attached hydrogens (primary N) is 1. The third-order valence-electron chi connectivity index (χ3n) is 2.69. The molecule has 0 saturated carbocycles. The molecule has 1 amide bonds. The van der Waals surface area contributed by atoms with Crippen LogP contribution in [-0.2, 0) is 4.79 Å². The van der Waals surface area contributed by atoms with Gasteiger partial charge in [0.25, 0.3) is 0 Å². The van der Waals surface area contributed by atoms with E-state index < -0.39 is 0 Å². The van der Waals surface area contributed by atoms with Crippen LogP contribution in [0.15, 0.2) is 30.3 Å². The minimum Gasteiger partial charge on any atom is -0.374 e. The molecule has 1 aromatic carbocycles. The van der Waals surface area contributed by atoms with Gasteiger partial charge in [0.05, 0.1) is 5.75 Å². The fraction of sp³-hybridized carbons (Fsp3) is 0.357. The SMILES string of the molecule is CC(C)SCC(=O)N[C@@H](c1ccccc1)c1nnc(N)s1. The molecule has 21 heavy (non-hydrogen) atoms. The normalized spacial score (nSPS) is 12.3. The summed E-state index contributed by atoms with van der Waals surface area (Å²) >= 11 is 2.90. The lowest BCUT2D eigenvalue weighted by Gasteiger charge is -2.16. The molecule has 1 aromatic heterocycles. The minimum atomic E-state index is -0.304. The van der Waals surface area contributed by atoms with Gasteiger partial charge in [-0.25, -0.2) is 0 Å². The Hall–Kier alpha value is -1.60. The van der Waals surface area contributed by atoms with Gasteiger partial charge < -0.3 is 11.1 Å². The summed E-state index contributed by atoms with van der Waals surface area (Å²) < 4.78 is 0. The Labute approximate surface area is 132 Å². The number of anilines is 1. The monoisotopic (exact) mass is 322 g/mol. The molecule has 3 N–H and O–H groups in total. The fourth-order valence-corrected chi connectivity index (χ4v) is 3.00. The maximum absolute atomic E-state index is 12.1. The molecule has 5 nitrogen and oxygen atoms in total. The molecular formula is C14H18N4OS2. The van der Waals surface area contributed by atoms with Crippen molar-refractivity contribution in [3.63, 3.8) is 0 Å². The lowest BCUT2D eigenvalue weighted by atomic mass is 10.1. The van der Waals surface area contributed by atoms with Crippen molar-refractivity contribution in [2.75, 3.05) is 11.5 Å². The van der Waals surface area contributed by atoms with Crippen molar-refractivity contribution in [3.05, 3.63) is 40.9 Å². The third kappa shape index (κ3) is 4.71. The molecule has 0 bridgehead atoms. The highest BCUT2D eigenvalue weighted by Crippen LogP contribution is 2.26. The van der Waals surface area contributed by atoms with Crippen LogP contribution in [0, 0.1) is 0 Å². The fourth-order valence-electron chi connectivity index (χ4n) is 1.74. The van der Waals surface area contributed by atoms with Gasteiger partial charge in [0.2, 0.25) is 11.0 Å². The molecule has 0 aliphatic carbocycles. The largest absolute Gasteiger partial charge is 0.374 e. The Balaban J connectivity index is 2.15. The summed E-state index contributed by atoms with van der Waals surface area (Å²) in [4.78, 5) is 12.1. The molecule has 2 aromatic rings. The predicted octanol–water partition coefficient (Wildman–Crippen LogP) is 2.47. The van der Waals surface area contributed by atoms with Gasteiger partial charge in [-0.2, -0.15) is 0 Å². The molecule has 0 fully saturated rings. The van der Waals surface area contributed by atoms with Crippen LogP contribution in [0.1, 0.15) is 30.5 Å². The first-order valence-corrected chi connectivity index (χ1v) is 8.47. The van der Waals surface area contributed by atoms with E-state index in [1.54, 1.807) is 11.8 Å². The summed E-state index contributed by atoms with van der Waals surface area (Å²) in [6.07, 6.45) is 0. The molecule has 0 radical (unpaired) electrons. The number of hydrogen-bond acceptors (Lipinski definition) is 6. The van der Waals surface area contributed by atoms with E-state index in [0.717, 1.165) is 5.56 Å². The van der Waals surface area contributed by atoms with Crippen LogP contribution in [-0.4, -0.2) is 27.1 Å². The minimum absolute atomic E-state index is 0.0173. The van der Waals surface area contributed by atoms with Crippen molar-refractivity contribution in [3.8, 4) is 0 Å². The summed E-state index contributed by atoms with van der Waals surface area (Å²) in [5.74, 6) is 0.409. The second-order valence-corrected chi connectivity index (χ2v) is 7.36. The van der Waals surface area contributed by atoms with Crippen LogP contribution < -0.4 is 11.1 Å². The average molecular weight is 322 g/mol. The highest BCUT2D eigenvalue weighted by atomic mass is 32.2. The lowest BCUT2D eigenvalue weighted by molar-refractivity contribution is -0.119. The van der Waals surface area contributed by atoms with Gasteiger partial charge in [-0.3, -0.25) is 4.79 Å². The van der Waals surface area contributed by atoms with E-state index in [2.05, 4.69) is 29.4 Å². The molecule has 0 spiro atoms. The topological polar surface area (TPSA) is 80.9 Å². The van der Waals surface area contributed by atoms with E-state index in [9.17, 15) is 4.79 Å². The Morgan fingerprint density at radius 2 is 2.05 bits per heavy atom. The molecule has 0 saturated heterocycles. The van der Waals surface area contributed by atoms with Gasteiger partial charge >= 0.3 is 0 Å². The second kappa shape index (κ2) is 7.42. The van der Waals surface area contributed by atoms with Gasteiger partial charge in [-0.05, 0) is 10.8 Å². The van der Waals surface area contributed by atoms with Crippen LogP contribution in [0.2, 0.25) is 0 Å². The zero-order chi connectivity index (χ0) is 15.2. The Morgan fingerprint density at radius 3 is 2.62 bits per heavy atom. The first-order valence-electron chi connectivity index (χ1n) is 6.61. The van der Waals surface area contributed by atoms with Crippen molar-refractivity contribution in [2.24, 2.45) is 0 Å². The van der Waals surface area contributed by atoms with Crippen molar-refractivity contribution in [1.82, 2.24) is 15.5 Å². The number of nitrogens with one attached hydrogen (secondary N) is 1. The number of rotatable bonds is 6. The van der Waals surface area contributed by atoms with Gasteiger partial charge in [0, 0.05) is 0 Å². The average Bonchev–Trinajstić information content (AvgIpc) is 2.90. The first kappa shape index (κ1) is 15.8. The number of carbonyl (C=O) groups is 1. The standard InChI is InChI=1S/C14H18N4OS2/c1-9(2)20-8-11(19)16-12(10-6-4-3-5-7-10)13-17-18-14(15)21-13/h3-7,9,12H,8H2,1-2H3,(H2,15,18)(H,16,19)/t12-/m0/s1. The molecule has 112 valence electrons. The molecular weight excluding hydrogens is 304 g/mol.